The van der Waals surface area contributed by atoms with Gasteiger partial charge in [0.05, 0.1) is 0 Å². The van der Waals surface area contributed by atoms with Crippen LogP contribution >= 0.6 is 0 Å². The van der Waals surface area contributed by atoms with Crippen molar-refractivity contribution in [1.82, 2.24) is 10.2 Å². The smallest absolute Gasteiger partial charge is 0.0486 e. The summed E-state index contributed by atoms with van der Waals surface area (Å²) in [7, 11) is 0. The highest BCUT2D eigenvalue weighted by molar-refractivity contribution is 4.88. The van der Waals surface area contributed by atoms with Gasteiger partial charge in [-0.3, -0.25) is 10.2 Å². The van der Waals surface area contributed by atoms with Gasteiger partial charge in [0, 0.05) is 18.8 Å². The third-order valence-electron chi connectivity index (χ3n) is 2.91. The van der Waals surface area contributed by atoms with Gasteiger partial charge < -0.3 is 0 Å². The standard InChI is InChI=1S/C10H22N2/c1-4-7-9-10(5-2)12(6-3)8-11-9/h9-11H,4-8H2,1-3H3. The molecule has 0 bridgehead atoms. The highest BCUT2D eigenvalue weighted by Crippen LogP contribution is 2.17. The molecular weight excluding hydrogens is 148 g/mol. The number of rotatable bonds is 4. The lowest BCUT2D eigenvalue weighted by atomic mass is 10.0. The van der Waals surface area contributed by atoms with Crippen LogP contribution in [0.25, 0.3) is 0 Å². The first kappa shape index (κ1) is 10.0. The molecule has 0 aromatic carbocycles. The maximum absolute atomic E-state index is 3.59. The van der Waals surface area contributed by atoms with E-state index < -0.39 is 0 Å². The van der Waals surface area contributed by atoms with E-state index in [4.69, 9.17) is 0 Å². The molecule has 12 heavy (non-hydrogen) atoms. The Morgan fingerprint density at radius 1 is 1.33 bits per heavy atom. The average Bonchev–Trinajstić information content (AvgIpc) is 2.47. The van der Waals surface area contributed by atoms with Crippen molar-refractivity contribution in [2.45, 2.75) is 52.1 Å². The summed E-state index contributed by atoms with van der Waals surface area (Å²) in [5.74, 6) is 0. The van der Waals surface area contributed by atoms with E-state index in [2.05, 4.69) is 31.0 Å². The molecule has 1 heterocycles. The average molecular weight is 170 g/mol. The van der Waals surface area contributed by atoms with Crippen molar-refractivity contribution < 1.29 is 0 Å². The van der Waals surface area contributed by atoms with Crippen LogP contribution in [0.3, 0.4) is 0 Å². The number of likely N-dealkylation sites (N-methyl/N-ethyl adjacent to an activating group) is 1. The lowest BCUT2D eigenvalue weighted by molar-refractivity contribution is 0.246. The van der Waals surface area contributed by atoms with Gasteiger partial charge in [-0.15, -0.1) is 0 Å². The third-order valence-corrected chi connectivity index (χ3v) is 2.91. The van der Waals surface area contributed by atoms with E-state index in [0.29, 0.717) is 0 Å². The SMILES string of the molecule is CCCC1NCN(CC)C1CC. The molecule has 1 rings (SSSR count). The zero-order valence-electron chi connectivity index (χ0n) is 8.64. The van der Waals surface area contributed by atoms with Crippen molar-refractivity contribution in [2.75, 3.05) is 13.2 Å². The van der Waals surface area contributed by atoms with Crippen molar-refractivity contribution in [2.24, 2.45) is 0 Å². The molecule has 1 N–H and O–H groups in total. The Morgan fingerprint density at radius 3 is 2.58 bits per heavy atom. The molecule has 0 aromatic heterocycles. The first-order valence-corrected chi connectivity index (χ1v) is 5.30. The molecule has 2 nitrogen and oxygen atoms in total. The lowest BCUT2D eigenvalue weighted by Gasteiger charge is -2.24. The molecule has 1 aliphatic heterocycles. The second-order valence-electron chi connectivity index (χ2n) is 3.64. The molecule has 0 amide bonds. The predicted molar refractivity (Wildman–Crippen MR) is 53.2 cm³/mol. The van der Waals surface area contributed by atoms with Crippen molar-refractivity contribution in [1.29, 1.82) is 0 Å². The van der Waals surface area contributed by atoms with Crippen LogP contribution in [-0.4, -0.2) is 30.2 Å². The summed E-state index contributed by atoms with van der Waals surface area (Å²) in [6, 6.07) is 1.54. The fourth-order valence-electron chi connectivity index (χ4n) is 2.24. The zero-order chi connectivity index (χ0) is 8.97. The summed E-state index contributed by atoms with van der Waals surface area (Å²) >= 11 is 0. The second-order valence-corrected chi connectivity index (χ2v) is 3.64. The minimum Gasteiger partial charge on any atom is -0.300 e. The maximum Gasteiger partial charge on any atom is 0.0486 e. The van der Waals surface area contributed by atoms with Crippen LogP contribution in [-0.2, 0) is 0 Å². The first-order valence-electron chi connectivity index (χ1n) is 5.30. The summed E-state index contributed by atoms with van der Waals surface area (Å²) in [4.78, 5) is 2.54. The minimum atomic E-state index is 0.750. The minimum absolute atomic E-state index is 0.750. The van der Waals surface area contributed by atoms with E-state index in [9.17, 15) is 0 Å². The van der Waals surface area contributed by atoms with E-state index in [1.807, 2.05) is 0 Å². The van der Waals surface area contributed by atoms with E-state index in [1.165, 1.54) is 25.8 Å². The van der Waals surface area contributed by atoms with Gasteiger partial charge in [-0.2, -0.15) is 0 Å². The van der Waals surface area contributed by atoms with E-state index in [1.54, 1.807) is 0 Å². The Bertz CT molecular complexity index is 125. The number of hydrogen-bond acceptors (Lipinski definition) is 2. The summed E-state index contributed by atoms with van der Waals surface area (Å²) in [5, 5.41) is 3.59. The van der Waals surface area contributed by atoms with Crippen LogP contribution in [0.4, 0.5) is 0 Å². The van der Waals surface area contributed by atoms with Gasteiger partial charge in [0.25, 0.3) is 0 Å². The maximum atomic E-state index is 3.59. The molecule has 72 valence electrons. The molecule has 0 saturated carbocycles. The highest BCUT2D eigenvalue weighted by Gasteiger charge is 2.29. The van der Waals surface area contributed by atoms with Gasteiger partial charge in [-0.25, -0.2) is 0 Å². The largest absolute Gasteiger partial charge is 0.300 e. The van der Waals surface area contributed by atoms with Gasteiger partial charge >= 0.3 is 0 Å². The van der Waals surface area contributed by atoms with Crippen molar-refractivity contribution in [3.8, 4) is 0 Å². The fourth-order valence-corrected chi connectivity index (χ4v) is 2.24. The number of nitrogens with one attached hydrogen (secondary N) is 1. The zero-order valence-corrected chi connectivity index (χ0v) is 8.64. The fraction of sp³-hybridized carbons (Fsp3) is 1.00. The van der Waals surface area contributed by atoms with E-state index in [-0.39, 0.29) is 0 Å². The van der Waals surface area contributed by atoms with E-state index in [0.717, 1.165) is 18.8 Å². The van der Waals surface area contributed by atoms with Gasteiger partial charge in [0.1, 0.15) is 0 Å². The molecule has 0 aromatic rings. The van der Waals surface area contributed by atoms with Gasteiger partial charge in [0.15, 0.2) is 0 Å². The molecule has 0 radical (unpaired) electrons. The molecule has 2 atom stereocenters. The van der Waals surface area contributed by atoms with Crippen molar-refractivity contribution in [3.63, 3.8) is 0 Å². The monoisotopic (exact) mass is 170 g/mol. The predicted octanol–water partition coefficient (Wildman–Crippen LogP) is 1.82. The Labute approximate surface area is 76.3 Å². The topological polar surface area (TPSA) is 15.3 Å². The summed E-state index contributed by atoms with van der Waals surface area (Å²) in [5.41, 5.74) is 0. The first-order chi connectivity index (χ1) is 5.83. The van der Waals surface area contributed by atoms with Crippen LogP contribution in [0.15, 0.2) is 0 Å². The second kappa shape index (κ2) is 4.83. The van der Waals surface area contributed by atoms with Gasteiger partial charge in [0.2, 0.25) is 0 Å². The molecular formula is C10H22N2. The summed E-state index contributed by atoms with van der Waals surface area (Å²) in [6.45, 7) is 9.09. The molecule has 0 aliphatic carbocycles. The Morgan fingerprint density at radius 2 is 2.08 bits per heavy atom. The normalized spacial score (nSPS) is 31.2. The molecule has 2 unspecified atom stereocenters. The van der Waals surface area contributed by atoms with Crippen LogP contribution in [0.2, 0.25) is 0 Å². The van der Waals surface area contributed by atoms with Crippen LogP contribution in [0.5, 0.6) is 0 Å². The van der Waals surface area contributed by atoms with E-state index >= 15 is 0 Å². The van der Waals surface area contributed by atoms with Crippen molar-refractivity contribution in [3.05, 3.63) is 0 Å². The molecule has 1 aliphatic rings. The van der Waals surface area contributed by atoms with Gasteiger partial charge in [-0.05, 0) is 19.4 Å². The molecule has 0 spiro atoms. The van der Waals surface area contributed by atoms with Crippen LogP contribution < -0.4 is 5.32 Å². The lowest BCUT2D eigenvalue weighted by Crippen LogP contribution is -2.35. The molecule has 2 heteroatoms. The van der Waals surface area contributed by atoms with Gasteiger partial charge in [-0.1, -0.05) is 27.2 Å². The molecule has 1 fully saturated rings. The Balaban J connectivity index is 2.44. The van der Waals surface area contributed by atoms with Crippen molar-refractivity contribution >= 4 is 0 Å². The van der Waals surface area contributed by atoms with Crippen LogP contribution in [0, 0.1) is 0 Å². The Kier molecular flexibility index (Phi) is 4.02. The Hall–Kier alpha value is -0.0800. The number of nitrogens with zero attached hydrogens (tertiary/aromatic N) is 1. The highest BCUT2D eigenvalue weighted by atomic mass is 15.3. The summed E-state index contributed by atoms with van der Waals surface area (Å²) < 4.78 is 0. The number of hydrogen-bond donors (Lipinski definition) is 1. The summed E-state index contributed by atoms with van der Waals surface area (Å²) in [6.07, 6.45) is 3.91. The quantitative estimate of drug-likeness (QED) is 0.692. The third kappa shape index (κ3) is 1.99. The molecule has 1 saturated heterocycles. The van der Waals surface area contributed by atoms with Crippen LogP contribution in [0.1, 0.15) is 40.0 Å².